The second kappa shape index (κ2) is 6.24. The van der Waals surface area contributed by atoms with Gasteiger partial charge in [-0.2, -0.15) is 0 Å². The minimum Gasteiger partial charge on any atom is -0.310 e. The summed E-state index contributed by atoms with van der Waals surface area (Å²) >= 11 is 0. The Morgan fingerprint density at radius 1 is 1.13 bits per heavy atom. The molecule has 0 fully saturated rings. The summed E-state index contributed by atoms with van der Waals surface area (Å²) in [5.74, 6) is -0.178. The molecule has 1 heterocycles. The van der Waals surface area contributed by atoms with Crippen LogP contribution in [0.2, 0.25) is 0 Å². The lowest BCUT2D eigenvalue weighted by molar-refractivity contribution is -0.121. The predicted octanol–water partition coefficient (Wildman–Crippen LogP) is 2.94. The minimum atomic E-state index is -0.128. The third-order valence-electron chi connectivity index (χ3n) is 4.18. The molecule has 0 aromatic heterocycles. The average Bonchev–Trinajstić information content (AvgIpc) is 2.96. The van der Waals surface area contributed by atoms with Crippen LogP contribution in [0, 0.1) is 6.92 Å². The number of anilines is 2. The smallest absolute Gasteiger partial charge is 0.247 e. The summed E-state index contributed by atoms with van der Waals surface area (Å²) in [6.45, 7) is 4.21. The molecule has 4 nitrogen and oxygen atoms in total. The number of para-hydroxylation sites is 1. The summed E-state index contributed by atoms with van der Waals surface area (Å²) in [5, 5.41) is 0. The van der Waals surface area contributed by atoms with Gasteiger partial charge >= 0.3 is 0 Å². The standard InChI is InChI=1S/C19H20N2O2/c1-14-6-5-8-17(12-14)21(15(2)22)13-19(23)20-11-10-16-7-3-4-9-18(16)20/h3-9,12H,10-11,13H2,1-2H3. The van der Waals surface area contributed by atoms with Crippen molar-refractivity contribution in [2.45, 2.75) is 20.3 Å². The normalized spacial score (nSPS) is 12.9. The molecule has 2 amide bonds. The van der Waals surface area contributed by atoms with E-state index in [9.17, 15) is 9.59 Å². The molecule has 0 atom stereocenters. The summed E-state index contributed by atoms with van der Waals surface area (Å²) in [6.07, 6.45) is 0.867. The number of carbonyl (C=O) groups is 2. The molecule has 0 saturated carbocycles. The summed E-state index contributed by atoms with van der Waals surface area (Å²) in [7, 11) is 0. The molecule has 118 valence electrons. The number of benzene rings is 2. The van der Waals surface area contributed by atoms with Crippen molar-refractivity contribution in [3.8, 4) is 0 Å². The lowest BCUT2D eigenvalue weighted by Gasteiger charge is -2.25. The number of hydrogen-bond acceptors (Lipinski definition) is 2. The van der Waals surface area contributed by atoms with Crippen molar-refractivity contribution < 1.29 is 9.59 Å². The van der Waals surface area contributed by atoms with Gasteiger partial charge in [0.15, 0.2) is 0 Å². The van der Waals surface area contributed by atoms with Crippen LogP contribution in [0.4, 0.5) is 11.4 Å². The van der Waals surface area contributed by atoms with Crippen molar-refractivity contribution in [3.63, 3.8) is 0 Å². The van der Waals surface area contributed by atoms with Gasteiger partial charge in [0.05, 0.1) is 0 Å². The van der Waals surface area contributed by atoms with Gasteiger partial charge < -0.3 is 9.80 Å². The van der Waals surface area contributed by atoms with Crippen molar-refractivity contribution in [1.82, 2.24) is 0 Å². The number of nitrogens with zero attached hydrogens (tertiary/aromatic N) is 2. The highest BCUT2D eigenvalue weighted by atomic mass is 16.2. The number of hydrogen-bond donors (Lipinski definition) is 0. The van der Waals surface area contributed by atoms with Crippen molar-refractivity contribution in [2.24, 2.45) is 0 Å². The monoisotopic (exact) mass is 308 g/mol. The molecule has 0 N–H and O–H groups in total. The second-order valence-electron chi connectivity index (χ2n) is 5.87. The Kier molecular flexibility index (Phi) is 4.15. The van der Waals surface area contributed by atoms with Crippen LogP contribution in [0.3, 0.4) is 0 Å². The zero-order chi connectivity index (χ0) is 16.4. The first-order chi connectivity index (χ1) is 11.1. The zero-order valence-corrected chi connectivity index (χ0v) is 13.5. The van der Waals surface area contributed by atoms with E-state index in [-0.39, 0.29) is 18.4 Å². The first-order valence-electron chi connectivity index (χ1n) is 7.79. The maximum Gasteiger partial charge on any atom is 0.247 e. The Bertz CT molecular complexity index is 755. The molecule has 2 aromatic carbocycles. The summed E-state index contributed by atoms with van der Waals surface area (Å²) < 4.78 is 0. The molecule has 4 heteroatoms. The highest BCUT2D eigenvalue weighted by Gasteiger charge is 2.26. The Balaban J connectivity index is 1.82. The molecule has 23 heavy (non-hydrogen) atoms. The SMILES string of the molecule is CC(=O)N(CC(=O)N1CCc2ccccc21)c1cccc(C)c1. The zero-order valence-electron chi connectivity index (χ0n) is 13.5. The highest BCUT2D eigenvalue weighted by molar-refractivity contribution is 6.03. The van der Waals surface area contributed by atoms with E-state index >= 15 is 0 Å². The van der Waals surface area contributed by atoms with Crippen LogP contribution in [-0.4, -0.2) is 24.9 Å². The van der Waals surface area contributed by atoms with Crippen LogP contribution in [0.5, 0.6) is 0 Å². The van der Waals surface area contributed by atoms with E-state index < -0.39 is 0 Å². The highest BCUT2D eigenvalue weighted by Crippen LogP contribution is 2.28. The van der Waals surface area contributed by atoms with Crippen LogP contribution < -0.4 is 9.80 Å². The van der Waals surface area contributed by atoms with E-state index in [1.54, 1.807) is 4.90 Å². The molecule has 1 aliphatic rings. The van der Waals surface area contributed by atoms with Crippen molar-refractivity contribution in [3.05, 3.63) is 59.7 Å². The molecule has 0 aliphatic carbocycles. The van der Waals surface area contributed by atoms with Gasteiger partial charge in [-0.15, -0.1) is 0 Å². The minimum absolute atomic E-state index is 0.0494. The van der Waals surface area contributed by atoms with E-state index in [2.05, 4.69) is 0 Å². The van der Waals surface area contributed by atoms with Crippen LogP contribution in [0.15, 0.2) is 48.5 Å². The van der Waals surface area contributed by atoms with E-state index in [1.165, 1.54) is 17.4 Å². The van der Waals surface area contributed by atoms with Crippen molar-refractivity contribution >= 4 is 23.2 Å². The molecular weight excluding hydrogens is 288 g/mol. The molecule has 1 aliphatic heterocycles. The van der Waals surface area contributed by atoms with E-state index in [4.69, 9.17) is 0 Å². The molecule has 0 spiro atoms. The van der Waals surface area contributed by atoms with Crippen LogP contribution in [-0.2, 0) is 16.0 Å². The molecule has 0 bridgehead atoms. The van der Waals surface area contributed by atoms with Gasteiger partial charge in [-0.3, -0.25) is 9.59 Å². The van der Waals surface area contributed by atoms with E-state index in [1.807, 2.05) is 55.5 Å². The summed E-state index contributed by atoms with van der Waals surface area (Å²) in [5.41, 5.74) is 3.97. The Morgan fingerprint density at radius 3 is 2.65 bits per heavy atom. The van der Waals surface area contributed by atoms with Crippen LogP contribution in [0.1, 0.15) is 18.1 Å². The van der Waals surface area contributed by atoms with Gasteiger partial charge in [0.1, 0.15) is 6.54 Å². The first-order valence-corrected chi connectivity index (χ1v) is 7.79. The first kappa shape index (κ1) is 15.3. The third-order valence-corrected chi connectivity index (χ3v) is 4.18. The fraction of sp³-hybridized carbons (Fsp3) is 0.263. The Labute approximate surface area is 136 Å². The fourth-order valence-electron chi connectivity index (χ4n) is 3.00. The van der Waals surface area contributed by atoms with Gasteiger partial charge in [-0.05, 0) is 42.7 Å². The molecule has 0 unspecified atom stereocenters. The van der Waals surface area contributed by atoms with Gasteiger partial charge in [0.25, 0.3) is 0 Å². The number of amides is 2. The summed E-state index contributed by atoms with van der Waals surface area (Å²) in [4.78, 5) is 28.0. The predicted molar refractivity (Wildman–Crippen MR) is 91.7 cm³/mol. The topological polar surface area (TPSA) is 40.6 Å². The van der Waals surface area contributed by atoms with Gasteiger partial charge in [-0.1, -0.05) is 30.3 Å². The van der Waals surface area contributed by atoms with Gasteiger partial charge in [0.2, 0.25) is 11.8 Å². The summed E-state index contributed by atoms with van der Waals surface area (Å²) in [6, 6.07) is 15.6. The van der Waals surface area contributed by atoms with Gasteiger partial charge in [-0.25, -0.2) is 0 Å². The maximum atomic E-state index is 12.7. The van der Waals surface area contributed by atoms with Crippen molar-refractivity contribution in [1.29, 1.82) is 0 Å². The van der Waals surface area contributed by atoms with Crippen LogP contribution in [0.25, 0.3) is 0 Å². The number of carbonyl (C=O) groups excluding carboxylic acids is 2. The molecule has 0 saturated heterocycles. The lowest BCUT2D eigenvalue weighted by atomic mass is 10.2. The third kappa shape index (κ3) is 3.11. The molecule has 0 radical (unpaired) electrons. The second-order valence-corrected chi connectivity index (χ2v) is 5.87. The Hall–Kier alpha value is -2.62. The lowest BCUT2D eigenvalue weighted by Crippen LogP contribution is -2.41. The fourth-order valence-corrected chi connectivity index (χ4v) is 3.00. The Morgan fingerprint density at radius 2 is 1.91 bits per heavy atom. The average molecular weight is 308 g/mol. The molecule has 2 aromatic rings. The van der Waals surface area contributed by atoms with Gasteiger partial charge in [0, 0.05) is 24.8 Å². The number of rotatable bonds is 3. The van der Waals surface area contributed by atoms with Crippen LogP contribution >= 0.6 is 0 Å². The number of fused-ring (bicyclic) bond motifs is 1. The maximum absolute atomic E-state index is 12.7. The van der Waals surface area contributed by atoms with E-state index in [0.717, 1.165) is 23.4 Å². The quantitative estimate of drug-likeness (QED) is 0.874. The van der Waals surface area contributed by atoms with E-state index in [0.29, 0.717) is 6.54 Å². The van der Waals surface area contributed by atoms with Crippen molar-refractivity contribution in [2.75, 3.05) is 22.9 Å². The number of aryl methyl sites for hydroxylation is 1. The largest absolute Gasteiger partial charge is 0.310 e. The molecular formula is C19H20N2O2. The molecule has 3 rings (SSSR count).